The van der Waals surface area contributed by atoms with Crippen LogP contribution < -0.4 is 5.32 Å². The zero-order valence-electron chi connectivity index (χ0n) is 7.90. The molecule has 0 amide bonds. The summed E-state index contributed by atoms with van der Waals surface area (Å²) in [6.07, 6.45) is 0.409. The monoisotopic (exact) mass is 194 g/mol. The van der Waals surface area contributed by atoms with Crippen LogP contribution in [0.25, 0.3) is 0 Å². The van der Waals surface area contributed by atoms with Crippen molar-refractivity contribution >= 4 is 5.97 Å². The Bertz CT molecular complexity index is 308. The molecule has 0 aromatic heterocycles. The number of hydrogen-bond donors (Lipinski definition) is 3. The molecule has 0 aliphatic carbocycles. The molecule has 0 aliphatic rings. The van der Waals surface area contributed by atoms with Crippen molar-refractivity contribution in [3.05, 3.63) is 29.8 Å². The number of rotatable bonds is 4. The molecule has 0 radical (unpaired) electrons. The van der Waals surface area contributed by atoms with Crippen molar-refractivity contribution in [3.8, 4) is 5.75 Å². The number of carbonyl (C=O) groups is 1. The largest absolute Gasteiger partial charge is 0.508 e. The van der Waals surface area contributed by atoms with Crippen molar-refractivity contribution < 1.29 is 15.0 Å². The van der Waals surface area contributed by atoms with Gasteiger partial charge in [0.2, 0.25) is 0 Å². The van der Waals surface area contributed by atoms with E-state index < -0.39 is 12.0 Å². The molecule has 0 heterocycles. The Kier molecular flexibility index (Phi) is 3.48. The van der Waals surface area contributed by atoms with Crippen LogP contribution in [0.4, 0.5) is 0 Å². The van der Waals surface area contributed by atoms with Gasteiger partial charge in [-0.1, -0.05) is 12.1 Å². The Morgan fingerprint density at radius 1 is 1.43 bits per heavy atom. The van der Waals surface area contributed by atoms with Crippen LogP contribution in [0.5, 0.6) is 5.75 Å². The Morgan fingerprint density at radius 3 is 2.43 bits per heavy atom. The highest BCUT2D eigenvalue weighted by Gasteiger charge is 2.14. The smallest absolute Gasteiger partial charge is 0.321 e. The fraction of sp³-hybridized carbons (Fsp3) is 0.300. The molecule has 1 atom stereocenters. The molecule has 0 saturated heterocycles. The zero-order chi connectivity index (χ0) is 10.6. The quantitative estimate of drug-likeness (QED) is 0.656. The topological polar surface area (TPSA) is 69.6 Å². The Labute approximate surface area is 82.2 Å². The predicted molar refractivity (Wildman–Crippen MR) is 52.3 cm³/mol. The van der Waals surface area contributed by atoms with E-state index in [9.17, 15) is 4.79 Å². The third kappa shape index (κ3) is 2.74. The summed E-state index contributed by atoms with van der Waals surface area (Å²) >= 11 is 0. The summed E-state index contributed by atoms with van der Waals surface area (Å²) in [5.41, 5.74) is 0.879. The first kappa shape index (κ1) is 10.5. The van der Waals surface area contributed by atoms with Crippen molar-refractivity contribution in [2.24, 2.45) is 0 Å². The first-order chi connectivity index (χ1) is 6.63. The molecule has 0 spiro atoms. The number of hydrogen-bond acceptors (Lipinski definition) is 3. The average Bonchev–Trinajstić information content (AvgIpc) is 2.16. The summed E-state index contributed by atoms with van der Waals surface area (Å²) in [5.74, 6) is -0.689. The normalized spacial score (nSPS) is 12.4. The number of nitrogens with one attached hydrogen (secondary N) is 1. The number of benzene rings is 1. The first-order valence-electron chi connectivity index (χ1n) is 4.31. The van der Waals surface area contributed by atoms with Crippen LogP contribution in [0.3, 0.4) is 0 Å². The molecule has 1 aromatic carbocycles. The van der Waals surface area contributed by atoms with Crippen molar-refractivity contribution in [1.82, 2.24) is 5.32 Å². The second-order valence-electron chi connectivity index (χ2n) is 3.05. The highest BCUT2D eigenvalue weighted by atomic mass is 16.4. The number of aliphatic carboxylic acids is 1. The Hall–Kier alpha value is -1.55. The van der Waals surface area contributed by atoms with Gasteiger partial charge in [-0.3, -0.25) is 4.79 Å². The van der Waals surface area contributed by atoms with E-state index in [1.54, 1.807) is 31.3 Å². The third-order valence-electron chi connectivity index (χ3n) is 2.02. The van der Waals surface area contributed by atoms with E-state index in [2.05, 4.69) is 5.32 Å². The Balaban J connectivity index is 2.67. The summed E-state index contributed by atoms with van der Waals surface area (Å²) in [6.45, 7) is 0. The lowest BCUT2D eigenvalue weighted by Gasteiger charge is -2.10. The maximum Gasteiger partial charge on any atom is 0.321 e. The lowest BCUT2D eigenvalue weighted by Crippen LogP contribution is -2.35. The second-order valence-corrected chi connectivity index (χ2v) is 3.05. The Morgan fingerprint density at radius 2 is 2.00 bits per heavy atom. The zero-order valence-corrected chi connectivity index (χ0v) is 7.90. The summed E-state index contributed by atoms with van der Waals surface area (Å²) in [5, 5.41) is 20.5. The van der Waals surface area contributed by atoms with Gasteiger partial charge in [-0.2, -0.15) is 0 Å². The third-order valence-corrected chi connectivity index (χ3v) is 2.02. The highest BCUT2D eigenvalue weighted by molar-refractivity contribution is 5.73. The number of carboxylic acids is 1. The van der Waals surface area contributed by atoms with Gasteiger partial charge in [0, 0.05) is 0 Å². The molecule has 1 aromatic rings. The standard InChI is InChI=1S/C10H13NO3/c1-11-9(10(13)14)6-7-2-4-8(12)5-3-7/h2-5,9,11-12H,6H2,1H3,(H,13,14)/t9-/m0/s1/i1-1. The lowest BCUT2D eigenvalue weighted by molar-refractivity contribution is -0.139. The van der Waals surface area contributed by atoms with Crippen LogP contribution in [0.1, 0.15) is 5.56 Å². The molecule has 0 fully saturated rings. The van der Waals surface area contributed by atoms with Crippen molar-refractivity contribution in [2.75, 3.05) is 7.05 Å². The van der Waals surface area contributed by atoms with Gasteiger partial charge in [0.05, 0.1) is 0 Å². The van der Waals surface area contributed by atoms with Crippen LogP contribution in [-0.4, -0.2) is 29.3 Å². The number of phenolic OH excluding ortho intramolecular Hbond substituents is 1. The molecule has 0 bridgehead atoms. The van der Waals surface area contributed by atoms with Gasteiger partial charge in [-0.15, -0.1) is 0 Å². The predicted octanol–water partition coefficient (Wildman–Crippen LogP) is 0.607. The van der Waals surface area contributed by atoms with Gasteiger partial charge in [0.1, 0.15) is 11.8 Å². The number of phenols is 1. The molecular weight excluding hydrogens is 181 g/mol. The molecule has 0 aliphatic heterocycles. The minimum atomic E-state index is -0.874. The average molecular weight is 194 g/mol. The van der Waals surface area contributed by atoms with Crippen LogP contribution in [0.2, 0.25) is 0 Å². The van der Waals surface area contributed by atoms with E-state index in [-0.39, 0.29) is 5.75 Å². The van der Waals surface area contributed by atoms with Crippen molar-refractivity contribution in [1.29, 1.82) is 0 Å². The fourth-order valence-electron chi connectivity index (χ4n) is 1.18. The van der Waals surface area contributed by atoms with Crippen molar-refractivity contribution in [2.45, 2.75) is 12.5 Å². The molecule has 3 N–H and O–H groups in total. The molecule has 14 heavy (non-hydrogen) atoms. The van der Waals surface area contributed by atoms with Gasteiger partial charge >= 0.3 is 5.97 Å². The maximum atomic E-state index is 10.7. The van der Waals surface area contributed by atoms with E-state index in [4.69, 9.17) is 10.2 Å². The molecule has 76 valence electrons. The summed E-state index contributed by atoms with van der Waals surface area (Å²) in [6, 6.07) is 5.93. The van der Waals surface area contributed by atoms with Gasteiger partial charge in [0.25, 0.3) is 0 Å². The molecule has 0 unspecified atom stereocenters. The van der Waals surface area contributed by atoms with Crippen LogP contribution in [0.15, 0.2) is 24.3 Å². The molecule has 4 nitrogen and oxygen atoms in total. The van der Waals surface area contributed by atoms with Crippen molar-refractivity contribution in [3.63, 3.8) is 0 Å². The SMILES string of the molecule is [11CH3]N[C@@H](Cc1ccc(O)cc1)C(=O)O. The fourth-order valence-corrected chi connectivity index (χ4v) is 1.18. The number of aromatic hydroxyl groups is 1. The molecule has 1 rings (SSSR count). The van der Waals surface area contributed by atoms with Gasteiger partial charge in [0.15, 0.2) is 0 Å². The second kappa shape index (κ2) is 4.62. The molecule has 4 heteroatoms. The first-order valence-corrected chi connectivity index (χ1v) is 4.31. The van der Waals surface area contributed by atoms with E-state index in [1.807, 2.05) is 0 Å². The van der Waals surface area contributed by atoms with E-state index in [0.29, 0.717) is 6.42 Å². The molecule has 0 saturated carbocycles. The number of carboxylic acid groups (broad SMARTS) is 1. The summed E-state index contributed by atoms with van der Waals surface area (Å²) in [4.78, 5) is 10.7. The minimum absolute atomic E-state index is 0.185. The van der Waals surface area contributed by atoms with Crippen LogP contribution >= 0.6 is 0 Å². The van der Waals surface area contributed by atoms with Gasteiger partial charge < -0.3 is 15.5 Å². The van der Waals surface area contributed by atoms with E-state index in [1.165, 1.54) is 0 Å². The summed E-state index contributed by atoms with van der Waals surface area (Å²) in [7, 11) is 1.61. The summed E-state index contributed by atoms with van der Waals surface area (Å²) < 4.78 is 0. The lowest BCUT2D eigenvalue weighted by atomic mass is 10.1. The van der Waals surface area contributed by atoms with E-state index in [0.717, 1.165) is 5.56 Å². The number of likely N-dealkylation sites (N-methyl/N-ethyl adjacent to an activating group) is 1. The highest BCUT2D eigenvalue weighted by Crippen LogP contribution is 2.11. The molecular formula is C10H13NO3. The van der Waals surface area contributed by atoms with Crippen LogP contribution in [0, 0.1) is 0 Å². The van der Waals surface area contributed by atoms with Crippen LogP contribution in [-0.2, 0) is 11.2 Å². The van der Waals surface area contributed by atoms with Gasteiger partial charge in [-0.25, -0.2) is 0 Å². The minimum Gasteiger partial charge on any atom is -0.508 e. The van der Waals surface area contributed by atoms with Gasteiger partial charge in [-0.05, 0) is 31.2 Å². The maximum absolute atomic E-state index is 10.7. The van der Waals surface area contributed by atoms with E-state index >= 15 is 0 Å².